The fraction of sp³-hybridized carbons (Fsp3) is 0.381. The van der Waals surface area contributed by atoms with Gasteiger partial charge in [-0.25, -0.2) is 8.78 Å². The standard InChI is InChI=1S/C21H24F2N2O/c22-19-9-7-16(13-20(19)23)8-10-21(26)24-14-17-3-5-18(6-4-17)15-25-11-1-2-12-25/h3-7,9,13H,1-2,8,10-12,14-15H2,(H,24,26). The van der Waals surface area contributed by atoms with Crippen LogP contribution >= 0.6 is 0 Å². The molecule has 1 fully saturated rings. The first kappa shape index (κ1) is 18.5. The van der Waals surface area contributed by atoms with Crippen LogP contribution in [0.2, 0.25) is 0 Å². The number of halogens is 2. The molecular formula is C21H24F2N2O. The summed E-state index contributed by atoms with van der Waals surface area (Å²) in [6.45, 7) is 3.81. The van der Waals surface area contributed by atoms with E-state index in [-0.39, 0.29) is 12.3 Å². The molecule has 0 bridgehead atoms. The van der Waals surface area contributed by atoms with Crippen molar-refractivity contribution >= 4 is 5.91 Å². The molecule has 1 heterocycles. The van der Waals surface area contributed by atoms with Gasteiger partial charge in [-0.3, -0.25) is 9.69 Å². The number of amides is 1. The average Bonchev–Trinajstić information content (AvgIpc) is 3.15. The highest BCUT2D eigenvalue weighted by Crippen LogP contribution is 2.14. The molecule has 2 aromatic rings. The summed E-state index contributed by atoms with van der Waals surface area (Å²) in [5, 5.41) is 2.87. The molecule has 1 aliphatic rings. The summed E-state index contributed by atoms with van der Waals surface area (Å²) >= 11 is 0. The van der Waals surface area contributed by atoms with Crippen molar-refractivity contribution in [1.82, 2.24) is 10.2 Å². The number of carbonyl (C=O) groups excluding carboxylic acids is 1. The van der Waals surface area contributed by atoms with Crippen LogP contribution in [0.25, 0.3) is 0 Å². The van der Waals surface area contributed by atoms with Crippen LogP contribution < -0.4 is 5.32 Å². The quantitative estimate of drug-likeness (QED) is 0.816. The third-order valence-corrected chi connectivity index (χ3v) is 4.74. The van der Waals surface area contributed by atoms with Crippen molar-refractivity contribution < 1.29 is 13.6 Å². The van der Waals surface area contributed by atoms with Crippen molar-refractivity contribution in [2.75, 3.05) is 13.1 Å². The van der Waals surface area contributed by atoms with E-state index in [1.54, 1.807) is 0 Å². The molecule has 138 valence electrons. The van der Waals surface area contributed by atoms with Crippen LogP contribution in [0.15, 0.2) is 42.5 Å². The topological polar surface area (TPSA) is 32.3 Å². The first-order valence-electron chi connectivity index (χ1n) is 9.11. The minimum atomic E-state index is -0.878. The molecule has 0 atom stereocenters. The Morgan fingerprint density at radius 3 is 2.27 bits per heavy atom. The first-order chi connectivity index (χ1) is 12.6. The second-order valence-electron chi connectivity index (χ2n) is 6.82. The van der Waals surface area contributed by atoms with Crippen molar-refractivity contribution in [2.24, 2.45) is 0 Å². The normalized spacial score (nSPS) is 14.5. The molecule has 0 aliphatic carbocycles. The molecule has 26 heavy (non-hydrogen) atoms. The van der Waals surface area contributed by atoms with Gasteiger partial charge in [0.05, 0.1) is 0 Å². The maximum atomic E-state index is 13.2. The summed E-state index contributed by atoms with van der Waals surface area (Å²) in [7, 11) is 0. The van der Waals surface area contributed by atoms with Gasteiger partial charge in [0, 0.05) is 19.5 Å². The van der Waals surface area contributed by atoms with Gasteiger partial charge in [0.2, 0.25) is 5.91 Å². The molecule has 0 radical (unpaired) electrons. The van der Waals surface area contributed by atoms with E-state index in [0.29, 0.717) is 18.5 Å². The van der Waals surface area contributed by atoms with Gasteiger partial charge in [-0.1, -0.05) is 30.3 Å². The summed E-state index contributed by atoms with van der Waals surface area (Å²) in [5.74, 6) is -1.85. The molecule has 0 aromatic heterocycles. The van der Waals surface area contributed by atoms with E-state index < -0.39 is 11.6 Å². The van der Waals surface area contributed by atoms with E-state index in [0.717, 1.165) is 24.2 Å². The zero-order valence-electron chi connectivity index (χ0n) is 14.8. The van der Waals surface area contributed by atoms with Crippen molar-refractivity contribution in [3.8, 4) is 0 Å². The molecule has 1 saturated heterocycles. The number of rotatable bonds is 7. The Bertz CT molecular complexity index is 740. The number of aryl methyl sites for hydroxylation is 1. The molecule has 1 amide bonds. The molecule has 1 N–H and O–H groups in total. The van der Waals surface area contributed by atoms with E-state index in [4.69, 9.17) is 0 Å². The van der Waals surface area contributed by atoms with E-state index >= 15 is 0 Å². The van der Waals surface area contributed by atoms with Gasteiger partial charge in [-0.2, -0.15) is 0 Å². The van der Waals surface area contributed by atoms with Crippen molar-refractivity contribution in [2.45, 2.75) is 38.8 Å². The van der Waals surface area contributed by atoms with E-state index in [9.17, 15) is 13.6 Å². The molecule has 5 heteroatoms. The third-order valence-electron chi connectivity index (χ3n) is 4.74. The number of benzene rings is 2. The largest absolute Gasteiger partial charge is 0.352 e. The molecular weight excluding hydrogens is 334 g/mol. The van der Waals surface area contributed by atoms with E-state index in [1.165, 1.54) is 37.6 Å². The second kappa shape index (κ2) is 8.90. The van der Waals surface area contributed by atoms with Crippen LogP contribution in [-0.2, 0) is 24.3 Å². The maximum Gasteiger partial charge on any atom is 0.220 e. The fourth-order valence-corrected chi connectivity index (χ4v) is 3.20. The van der Waals surface area contributed by atoms with Crippen molar-refractivity contribution in [3.05, 3.63) is 70.8 Å². The Morgan fingerprint density at radius 1 is 0.923 bits per heavy atom. The maximum absolute atomic E-state index is 13.2. The van der Waals surface area contributed by atoms with Gasteiger partial charge >= 0.3 is 0 Å². The fourth-order valence-electron chi connectivity index (χ4n) is 3.20. The van der Waals surface area contributed by atoms with Crippen LogP contribution in [0.1, 0.15) is 36.0 Å². The highest BCUT2D eigenvalue weighted by Gasteiger charge is 2.11. The highest BCUT2D eigenvalue weighted by atomic mass is 19.2. The number of likely N-dealkylation sites (tertiary alicyclic amines) is 1. The number of hydrogen-bond donors (Lipinski definition) is 1. The zero-order chi connectivity index (χ0) is 18.4. The number of nitrogens with zero attached hydrogens (tertiary/aromatic N) is 1. The zero-order valence-corrected chi connectivity index (χ0v) is 14.8. The van der Waals surface area contributed by atoms with Crippen molar-refractivity contribution in [1.29, 1.82) is 0 Å². The molecule has 0 unspecified atom stereocenters. The van der Waals surface area contributed by atoms with Gasteiger partial charge in [0.15, 0.2) is 11.6 Å². The van der Waals surface area contributed by atoms with Gasteiger partial charge in [-0.05, 0) is 61.2 Å². The molecule has 1 aliphatic heterocycles. The molecule has 3 nitrogen and oxygen atoms in total. The Labute approximate surface area is 153 Å². The lowest BCUT2D eigenvalue weighted by molar-refractivity contribution is -0.121. The van der Waals surface area contributed by atoms with E-state index in [2.05, 4.69) is 22.3 Å². The second-order valence-corrected chi connectivity index (χ2v) is 6.82. The molecule has 0 saturated carbocycles. The van der Waals surface area contributed by atoms with Gasteiger partial charge in [0.1, 0.15) is 0 Å². The molecule has 3 rings (SSSR count). The highest BCUT2D eigenvalue weighted by molar-refractivity contribution is 5.76. The minimum Gasteiger partial charge on any atom is -0.352 e. The summed E-state index contributed by atoms with van der Waals surface area (Å²) in [6.07, 6.45) is 3.21. The summed E-state index contributed by atoms with van der Waals surface area (Å²) in [4.78, 5) is 14.4. The number of carbonyl (C=O) groups is 1. The van der Waals surface area contributed by atoms with E-state index in [1.807, 2.05) is 12.1 Å². The molecule has 0 spiro atoms. The number of hydrogen-bond acceptors (Lipinski definition) is 2. The Hall–Kier alpha value is -2.27. The van der Waals surface area contributed by atoms with Gasteiger partial charge in [0.25, 0.3) is 0 Å². The first-order valence-corrected chi connectivity index (χ1v) is 9.11. The average molecular weight is 358 g/mol. The van der Waals surface area contributed by atoms with Crippen molar-refractivity contribution in [3.63, 3.8) is 0 Å². The third kappa shape index (κ3) is 5.36. The van der Waals surface area contributed by atoms with Crippen LogP contribution in [0, 0.1) is 11.6 Å². The minimum absolute atomic E-state index is 0.101. The Balaban J connectivity index is 1.41. The molecule has 2 aromatic carbocycles. The predicted molar refractivity (Wildman–Crippen MR) is 97.5 cm³/mol. The lowest BCUT2D eigenvalue weighted by atomic mass is 10.1. The monoisotopic (exact) mass is 358 g/mol. The SMILES string of the molecule is O=C(CCc1ccc(F)c(F)c1)NCc1ccc(CN2CCCC2)cc1. The summed E-state index contributed by atoms with van der Waals surface area (Å²) < 4.78 is 26.0. The van der Waals surface area contributed by atoms with Crippen LogP contribution in [0.4, 0.5) is 8.78 Å². The lowest BCUT2D eigenvalue weighted by Crippen LogP contribution is -2.23. The summed E-state index contributed by atoms with van der Waals surface area (Å²) in [5.41, 5.74) is 2.96. The van der Waals surface area contributed by atoms with Crippen LogP contribution in [0.5, 0.6) is 0 Å². The number of nitrogens with one attached hydrogen (secondary N) is 1. The summed E-state index contributed by atoms with van der Waals surface area (Å²) in [6, 6.07) is 12.0. The Morgan fingerprint density at radius 2 is 1.58 bits per heavy atom. The smallest absolute Gasteiger partial charge is 0.220 e. The Kier molecular flexibility index (Phi) is 6.34. The van der Waals surface area contributed by atoms with Gasteiger partial charge in [-0.15, -0.1) is 0 Å². The van der Waals surface area contributed by atoms with Crippen LogP contribution in [0.3, 0.4) is 0 Å². The predicted octanol–water partition coefficient (Wildman–Crippen LogP) is 3.81. The lowest BCUT2D eigenvalue weighted by Gasteiger charge is -2.14. The van der Waals surface area contributed by atoms with Crippen LogP contribution in [-0.4, -0.2) is 23.9 Å². The van der Waals surface area contributed by atoms with Gasteiger partial charge < -0.3 is 5.32 Å².